The van der Waals surface area contributed by atoms with E-state index in [-0.39, 0.29) is 11.2 Å². The normalized spacial score (nSPS) is 14.3. The molecule has 0 aromatic rings. The van der Waals surface area contributed by atoms with Crippen LogP contribution in [0.3, 0.4) is 0 Å². The molecule has 0 radical (unpaired) electrons. The summed E-state index contributed by atoms with van der Waals surface area (Å²) in [6, 6.07) is 0. The first-order valence-electron chi connectivity index (χ1n) is 8.85. The predicted molar refractivity (Wildman–Crippen MR) is 95.7 cm³/mol. The molecule has 23 heavy (non-hydrogen) atoms. The van der Waals surface area contributed by atoms with Gasteiger partial charge in [-0.25, -0.2) is 0 Å². The highest BCUT2D eigenvalue weighted by atomic mass is 16.5. The summed E-state index contributed by atoms with van der Waals surface area (Å²) in [5, 5.41) is 19.4. The second kappa shape index (κ2) is 8.80. The molecular weight excluding hydrogens is 292 g/mol. The molecule has 0 aliphatic carbocycles. The maximum atomic E-state index is 9.72. The van der Waals surface area contributed by atoms with Crippen molar-refractivity contribution in [3.8, 4) is 0 Å². The van der Waals surface area contributed by atoms with E-state index in [2.05, 4.69) is 27.7 Å². The SMILES string of the molecule is CC(C)(O)CCOC(C)(C)CCCC(C)(C)OCCC(C)(C)O. The molecule has 0 aromatic heterocycles. The van der Waals surface area contributed by atoms with Gasteiger partial charge in [-0.3, -0.25) is 0 Å². The first-order chi connectivity index (χ1) is 10.1. The third-order valence-corrected chi connectivity index (χ3v) is 3.97. The highest BCUT2D eigenvalue weighted by Gasteiger charge is 2.24. The molecule has 0 atom stereocenters. The van der Waals surface area contributed by atoms with E-state index in [9.17, 15) is 10.2 Å². The van der Waals surface area contributed by atoms with Crippen molar-refractivity contribution in [2.45, 2.75) is 110 Å². The molecule has 2 N–H and O–H groups in total. The lowest BCUT2D eigenvalue weighted by Crippen LogP contribution is -2.31. The van der Waals surface area contributed by atoms with Crippen LogP contribution in [0.1, 0.15) is 87.5 Å². The minimum atomic E-state index is -0.674. The molecule has 0 saturated heterocycles. The third-order valence-electron chi connectivity index (χ3n) is 3.97. The molecule has 140 valence electrons. The standard InChI is InChI=1S/C19H40O4/c1-16(2,20)12-14-22-18(5,6)10-9-11-19(7,8)23-15-13-17(3,4)21/h20-21H,9-15H2,1-8H3. The Kier molecular flexibility index (Phi) is 8.73. The summed E-state index contributed by atoms with van der Waals surface area (Å²) in [6.07, 6.45) is 4.21. The second-order valence-electron chi connectivity index (χ2n) is 9.19. The summed E-state index contributed by atoms with van der Waals surface area (Å²) in [7, 11) is 0. The summed E-state index contributed by atoms with van der Waals surface area (Å²) < 4.78 is 11.8. The van der Waals surface area contributed by atoms with E-state index in [1.807, 2.05) is 0 Å². The summed E-state index contributed by atoms with van der Waals surface area (Å²) in [5.74, 6) is 0. The smallest absolute Gasteiger partial charge is 0.0626 e. The summed E-state index contributed by atoms with van der Waals surface area (Å²) in [5.41, 5.74) is -1.72. The molecule has 0 spiro atoms. The van der Waals surface area contributed by atoms with Gasteiger partial charge in [-0.2, -0.15) is 0 Å². The average molecular weight is 333 g/mol. The molecule has 0 heterocycles. The Morgan fingerprint density at radius 3 is 1.13 bits per heavy atom. The van der Waals surface area contributed by atoms with E-state index in [1.54, 1.807) is 27.7 Å². The zero-order chi connectivity index (χ0) is 18.4. The van der Waals surface area contributed by atoms with Crippen LogP contribution in [0, 0.1) is 0 Å². The molecule has 4 nitrogen and oxygen atoms in total. The van der Waals surface area contributed by atoms with Gasteiger partial charge < -0.3 is 19.7 Å². The van der Waals surface area contributed by atoms with Gasteiger partial charge in [0.05, 0.1) is 35.6 Å². The van der Waals surface area contributed by atoms with Gasteiger partial charge in [-0.05, 0) is 87.5 Å². The maximum absolute atomic E-state index is 9.72. The number of aliphatic hydroxyl groups is 2. The Morgan fingerprint density at radius 1 is 0.565 bits per heavy atom. The van der Waals surface area contributed by atoms with Crippen LogP contribution in [0.4, 0.5) is 0 Å². The van der Waals surface area contributed by atoms with Gasteiger partial charge in [0, 0.05) is 0 Å². The number of hydrogen-bond donors (Lipinski definition) is 2. The van der Waals surface area contributed by atoms with Crippen LogP contribution in [0.5, 0.6) is 0 Å². The van der Waals surface area contributed by atoms with E-state index < -0.39 is 11.2 Å². The Bertz CT molecular complexity index is 289. The van der Waals surface area contributed by atoms with Crippen molar-refractivity contribution in [1.82, 2.24) is 0 Å². The van der Waals surface area contributed by atoms with Crippen LogP contribution in [0.25, 0.3) is 0 Å². The van der Waals surface area contributed by atoms with Gasteiger partial charge in [0.25, 0.3) is 0 Å². The van der Waals surface area contributed by atoms with E-state index in [0.717, 1.165) is 19.3 Å². The van der Waals surface area contributed by atoms with Crippen molar-refractivity contribution in [1.29, 1.82) is 0 Å². The minimum Gasteiger partial charge on any atom is -0.390 e. The molecule has 0 aliphatic rings. The van der Waals surface area contributed by atoms with Gasteiger partial charge in [0.15, 0.2) is 0 Å². The molecular formula is C19H40O4. The fourth-order valence-corrected chi connectivity index (χ4v) is 2.24. The van der Waals surface area contributed by atoms with Gasteiger partial charge in [-0.1, -0.05) is 0 Å². The van der Waals surface area contributed by atoms with Crippen molar-refractivity contribution >= 4 is 0 Å². The zero-order valence-corrected chi connectivity index (χ0v) is 16.7. The van der Waals surface area contributed by atoms with Crippen LogP contribution in [0.2, 0.25) is 0 Å². The highest BCUT2D eigenvalue weighted by Crippen LogP contribution is 2.25. The first-order valence-corrected chi connectivity index (χ1v) is 8.85. The number of ether oxygens (including phenoxy) is 2. The molecule has 0 saturated carbocycles. The van der Waals surface area contributed by atoms with Crippen LogP contribution in [-0.4, -0.2) is 45.8 Å². The van der Waals surface area contributed by atoms with E-state index in [4.69, 9.17) is 9.47 Å². The van der Waals surface area contributed by atoms with Gasteiger partial charge in [-0.15, -0.1) is 0 Å². The quantitative estimate of drug-likeness (QED) is 0.565. The van der Waals surface area contributed by atoms with Crippen molar-refractivity contribution in [3.05, 3.63) is 0 Å². The van der Waals surface area contributed by atoms with Gasteiger partial charge in [0.1, 0.15) is 0 Å². The van der Waals surface area contributed by atoms with Gasteiger partial charge in [0.2, 0.25) is 0 Å². The molecule has 4 heteroatoms. The first kappa shape index (κ1) is 22.8. The molecule has 0 aliphatic heterocycles. The Morgan fingerprint density at radius 2 is 0.870 bits per heavy atom. The maximum Gasteiger partial charge on any atom is 0.0626 e. The van der Waals surface area contributed by atoms with Crippen LogP contribution in [0.15, 0.2) is 0 Å². The summed E-state index contributed by atoms with van der Waals surface area (Å²) in [4.78, 5) is 0. The Balaban J connectivity index is 4.01. The lowest BCUT2D eigenvalue weighted by molar-refractivity contribution is -0.0652. The largest absolute Gasteiger partial charge is 0.390 e. The van der Waals surface area contributed by atoms with Gasteiger partial charge >= 0.3 is 0 Å². The van der Waals surface area contributed by atoms with E-state index >= 15 is 0 Å². The summed E-state index contributed by atoms with van der Waals surface area (Å²) in [6.45, 7) is 16.7. The fourth-order valence-electron chi connectivity index (χ4n) is 2.24. The van der Waals surface area contributed by atoms with Crippen LogP contribution < -0.4 is 0 Å². The highest BCUT2D eigenvalue weighted by molar-refractivity contribution is 4.75. The van der Waals surface area contributed by atoms with Crippen molar-refractivity contribution in [3.63, 3.8) is 0 Å². The molecule has 0 amide bonds. The Labute approximate surface area is 143 Å². The fraction of sp³-hybridized carbons (Fsp3) is 1.00. The molecule has 0 aromatic carbocycles. The molecule has 0 rings (SSSR count). The lowest BCUT2D eigenvalue weighted by atomic mass is 9.94. The monoisotopic (exact) mass is 332 g/mol. The molecule has 0 bridgehead atoms. The van der Waals surface area contributed by atoms with E-state index in [1.165, 1.54) is 0 Å². The van der Waals surface area contributed by atoms with Crippen molar-refractivity contribution < 1.29 is 19.7 Å². The van der Waals surface area contributed by atoms with Crippen molar-refractivity contribution in [2.24, 2.45) is 0 Å². The predicted octanol–water partition coefficient (Wildman–Crippen LogP) is 4.07. The Hall–Kier alpha value is -0.160. The van der Waals surface area contributed by atoms with Crippen molar-refractivity contribution in [2.75, 3.05) is 13.2 Å². The minimum absolute atomic E-state index is 0.186. The van der Waals surface area contributed by atoms with Crippen LogP contribution >= 0.6 is 0 Å². The average Bonchev–Trinajstić information content (AvgIpc) is 2.23. The third kappa shape index (κ3) is 15.1. The molecule has 0 unspecified atom stereocenters. The lowest BCUT2D eigenvalue weighted by Gasteiger charge is -2.30. The number of rotatable bonds is 12. The topological polar surface area (TPSA) is 58.9 Å². The number of hydrogen-bond acceptors (Lipinski definition) is 4. The summed E-state index contributed by atoms with van der Waals surface area (Å²) >= 11 is 0. The van der Waals surface area contributed by atoms with Crippen LogP contribution in [-0.2, 0) is 9.47 Å². The van der Waals surface area contributed by atoms with E-state index in [0.29, 0.717) is 26.1 Å². The molecule has 0 fully saturated rings. The second-order valence-corrected chi connectivity index (χ2v) is 9.19. The zero-order valence-electron chi connectivity index (χ0n) is 16.7.